The number of esters is 1. The zero-order valence-electron chi connectivity index (χ0n) is 13.8. The van der Waals surface area contributed by atoms with Gasteiger partial charge in [-0.2, -0.15) is 0 Å². The highest BCUT2D eigenvalue weighted by atomic mass is 35.5. The quantitative estimate of drug-likeness (QED) is 0.593. The van der Waals surface area contributed by atoms with Crippen LogP contribution >= 0.6 is 22.9 Å². The molecule has 0 unspecified atom stereocenters. The van der Waals surface area contributed by atoms with E-state index in [0.29, 0.717) is 5.56 Å². The lowest BCUT2D eigenvalue weighted by atomic mass is 10.2. The highest BCUT2D eigenvalue weighted by molar-refractivity contribution is 7.89. The number of carbonyl (C=O) groups excluding carboxylic acids is 2. The van der Waals surface area contributed by atoms with Gasteiger partial charge in [-0.05, 0) is 45.2 Å². The number of nitrogens with one attached hydrogen (secondary N) is 1. The van der Waals surface area contributed by atoms with Crippen LogP contribution in [0.25, 0.3) is 0 Å². The van der Waals surface area contributed by atoms with Gasteiger partial charge in [-0.25, -0.2) is 17.9 Å². The molecule has 1 aromatic heterocycles. The van der Waals surface area contributed by atoms with Crippen molar-refractivity contribution in [2.75, 3.05) is 13.7 Å². The van der Waals surface area contributed by atoms with Crippen molar-refractivity contribution in [3.05, 3.63) is 50.2 Å². The van der Waals surface area contributed by atoms with Gasteiger partial charge in [-0.1, -0.05) is 11.6 Å². The molecule has 0 spiro atoms. The maximum atomic E-state index is 12.1. The lowest BCUT2D eigenvalue weighted by molar-refractivity contribution is 0.0474. The Morgan fingerprint density at radius 3 is 2.48 bits per heavy atom. The molecule has 2 aromatic rings. The number of benzene rings is 1. The standard InChI is InChI=1S/C16H16ClNO5S2/c1-9-6-12(10(2)24-9)14(19)8-23-16(20)11-4-5-13(17)15(7-11)25(21,22)18-3/h4-7,18H,8H2,1-3H3. The van der Waals surface area contributed by atoms with Crippen LogP contribution in [0.1, 0.15) is 30.5 Å². The smallest absolute Gasteiger partial charge is 0.338 e. The van der Waals surface area contributed by atoms with Gasteiger partial charge in [0.2, 0.25) is 15.8 Å². The van der Waals surface area contributed by atoms with E-state index >= 15 is 0 Å². The second kappa shape index (κ2) is 7.65. The predicted octanol–water partition coefficient (Wildman–Crippen LogP) is 2.97. The van der Waals surface area contributed by atoms with Crippen LogP contribution in [0.2, 0.25) is 5.02 Å². The number of sulfonamides is 1. The van der Waals surface area contributed by atoms with Crippen LogP contribution in [-0.4, -0.2) is 33.8 Å². The number of thiophene rings is 1. The van der Waals surface area contributed by atoms with E-state index in [9.17, 15) is 18.0 Å². The molecule has 0 atom stereocenters. The molecule has 0 radical (unpaired) electrons. The largest absolute Gasteiger partial charge is 0.454 e. The number of carbonyl (C=O) groups is 2. The van der Waals surface area contributed by atoms with Gasteiger partial charge in [0.05, 0.1) is 10.6 Å². The van der Waals surface area contributed by atoms with Crippen LogP contribution in [0.3, 0.4) is 0 Å². The van der Waals surface area contributed by atoms with E-state index in [2.05, 4.69) is 4.72 Å². The summed E-state index contributed by atoms with van der Waals surface area (Å²) < 4.78 is 30.9. The van der Waals surface area contributed by atoms with E-state index in [1.807, 2.05) is 13.8 Å². The first-order chi connectivity index (χ1) is 11.7. The molecule has 9 heteroatoms. The first-order valence-electron chi connectivity index (χ1n) is 7.16. The minimum absolute atomic E-state index is 0.00996. The number of halogens is 1. The monoisotopic (exact) mass is 401 g/mol. The van der Waals surface area contributed by atoms with E-state index in [1.54, 1.807) is 6.07 Å². The molecule has 1 heterocycles. The maximum Gasteiger partial charge on any atom is 0.338 e. The number of ether oxygens (including phenoxy) is 1. The Labute approximate surface area is 154 Å². The number of hydrogen-bond donors (Lipinski definition) is 1. The van der Waals surface area contributed by atoms with Crippen LogP contribution in [0, 0.1) is 13.8 Å². The van der Waals surface area contributed by atoms with Gasteiger partial charge in [0.1, 0.15) is 4.90 Å². The second-order valence-electron chi connectivity index (χ2n) is 5.18. The molecular formula is C16H16ClNO5S2. The minimum Gasteiger partial charge on any atom is -0.454 e. The Hall–Kier alpha value is -1.74. The van der Waals surface area contributed by atoms with Crippen LogP contribution in [0.5, 0.6) is 0 Å². The van der Waals surface area contributed by atoms with Gasteiger partial charge in [-0.15, -0.1) is 11.3 Å². The lowest BCUT2D eigenvalue weighted by Crippen LogP contribution is -2.20. The van der Waals surface area contributed by atoms with Gasteiger partial charge in [0, 0.05) is 15.3 Å². The summed E-state index contributed by atoms with van der Waals surface area (Å²) in [5, 5.41) is -0.0219. The molecule has 0 bridgehead atoms. The number of ketones is 1. The van der Waals surface area contributed by atoms with E-state index < -0.39 is 22.6 Å². The van der Waals surface area contributed by atoms with E-state index in [4.69, 9.17) is 16.3 Å². The topological polar surface area (TPSA) is 89.5 Å². The summed E-state index contributed by atoms with van der Waals surface area (Å²) in [4.78, 5) is 25.9. The Bertz CT molecular complexity index is 934. The first kappa shape index (κ1) is 19.6. The average Bonchev–Trinajstić information content (AvgIpc) is 2.91. The molecule has 2 rings (SSSR count). The zero-order chi connectivity index (χ0) is 18.8. The van der Waals surface area contributed by atoms with Crippen molar-refractivity contribution in [3.8, 4) is 0 Å². The van der Waals surface area contributed by atoms with Gasteiger partial charge >= 0.3 is 5.97 Å². The van der Waals surface area contributed by atoms with Crippen LogP contribution < -0.4 is 4.72 Å². The summed E-state index contributed by atoms with van der Waals surface area (Å²) >= 11 is 7.35. The van der Waals surface area contributed by atoms with E-state index in [1.165, 1.54) is 30.5 Å². The van der Waals surface area contributed by atoms with Crippen molar-refractivity contribution in [2.24, 2.45) is 0 Å². The SMILES string of the molecule is CNS(=O)(=O)c1cc(C(=O)OCC(=O)c2cc(C)sc2C)ccc1Cl. The third kappa shape index (κ3) is 4.46. The Kier molecular flexibility index (Phi) is 5.99. The van der Waals surface area contributed by atoms with Gasteiger partial charge in [-0.3, -0.25) is 4.79 Å². The van der Waals surface area contributed by atoms with Crippen molar-refractivity contribution < 1.29 is 22.7 Å². The number of aryl methyl sites for hydroxylation is 2. The normalized spacial score (nSPS) is 11.4. The molecule has 0 aliphatic heterocycles. The Balaban J connectivity index is 2.15. The van der Waals surface area contributed by atoms with Crippen LogP contribution in [0.15, 0.2) is 29.2 Å². The summed E-state index contributed by atoms with van der Waals surface area (Å²) in [6.45, 7) is 3.28. The fourth-order valence-corrected chi connectivity index (χ4v) is 4.34. The number of rotatable bonds is 6. The zero-order valence-corrected chi connectivity index (χ0v) is 16.1. The third-order valence-corrected chi connectivity index (χ3v) is 6.26. The summed E-state index contributed by atoms with van der Waals surface area (Å²) in [5.74, 6) is -1.12. The van der Waals surface area contributed by atoms with Crippen LogP contribution in [0.4, 0.5) is 0 Å². The molecule has 0 aliphatic rings. The fourth-order valence-electron chi connectivity index (χ4n) is 2.15. The Morgan fingerprint density at radius 2 is 1.92 bits per heavy atom. The van der Waals surface area contributed by atoms with Crippen LogP contribution in [-0.2, 0) is 14.8 Å². The second-order valence-corrected chi connectivity index (χ2v) is 8.90. The molecule has 6 nitrogen and oxygen atoms in total. The highest BCUT2D eigenvalue weighted by Crippen LogP contribution is 2.23. The predicted molar refractivity (Wildman–Crippen MR) is 96.1 cm³/mol. The molecular weight excluding hydrogens is 386 g/mol. The first-order valence-corrected chi connectivity index (χ1v) is 9.84. The van der Waals surface area contributed by atoms with Gasteiger partial charge in [0.25, 0.3) is 0 Å². The third-order valence-electron chi connectivity index (χ3n) is 3.40. The molecule has 0 saturated heterocycles. The minimum atomic E-state index is -3.82. The van der Waals surface area contributed by atoms with Crippen molar-refractivity contribution in [1.29, 1.82) is 0 Å². The molecule has 1 aromatic carbocycles. The van der Waals surface area contributed by atoms with Crippen molar-refractivity contribution >= 4 is 44.7 Å². The summed E-state index contributed by atoms with van der Waals surface area (Å²) in [7, 11) is -2.58. The molecule has 134 valence electrons. The summed E-state index contributed by atoms with van der Waals surface area (Å²) in [5.41, 5.74) is 0.508. The van der Waals surface area contributed by atoms with Crippen molar-refractivity contribution in [1.82, 2.24) is 4.72 Å². The molecule has 1 N–H and O–H groups in total. The molecule has 0 saturated carbocycles. The molecule has 0 fully saturated rings. The average molecular weight is 402 g/mol. The molecule has 25 heavy (non-hydrogen) atoms. The summed E-state index contributed by atoms with van der Waals surface area (Å²) in [6, 6.07) is 5.48. The lowest BCUT2D eigenvalue weighted by Gasteiger charge is -2.08. The highest BCUT2D eigenvalue weighted by Gasteiger charge is 2.20. The van der Waals surface area contributed by atoms with Gasteiger partial charge < -0.3 is 4.74 Å². The summed E-state index contributed by atoms with van der Waals surface area (Å²) in [6.07, 6.45) is 0. The van der Waals surface area contributed by atoms with Crippen molar-refractivity contribution in [2.45, 2.75) is 18.7 Å². The number of hydrogen-bond acceptors (Lipinski definition) is 6. The van der Waals surface area contributed by atoms with Gasteiger partial charge in [0.15, 0.2) is 6.61 Å². The van der Waals surface area contributed by atoms with Crippen molar-refractivity contribution in [3.63, 3.8) is 0 Å². The maximum absolute atomic E-state index is 12.1. The van der Waals surface area contributed by atoms with E-state index in [0.717, 1.165) is 15.8 Å². The molecule has 0 aliphatic carbocycles. The van der Waals surface area contributed by atoms with E-state index in [-0.39, 0.29) is 21.3 Å². The fraction of sp³-hybridized carbons (Fsp3) is 0.250. The number of Topliss-reactive ketones (excluding diaryl/α,β-unsaturated/α-hetero) is 1. The Morgan fingerprint density at radius 1 is 1.24 bits per heavy atom. The molecule has 0 amide bonds.